The lowest BCUT2D eigenvalue weighted by molar-refractivity contribution is -0.242. The van der Waals surface area contributed by atoms with Gasteiger partial charge in [0.2, 0.25) is 0 Å². The molecule has 1 saturated heterocycles. The van der Waals surface area contributed by atoms with E-state index in [9.17, 15) is 23.2 Å². The van der Waals surface area contributed by atoms with Gasteiger partial charge in [-0.3, -0.25) is 4.55 Å². The van der Waals surface area contributed by atoms with Crippen molar-refractivity contribution in [2.24, 2.45) is 46.2 Å². The Morgan fingerprint density at radius 1 is 0.977 bits per heavy atom. The first kappa shape index (κ1) is 35.0. The van der Waals surface area contributed by atoms with Gasteiger partial charge in [-0.2, -0.15) is 8.42 Å². The van der Waals surface area contributed by atoms with E-state index in [0.717, 1.165) is 84.0 Å². The summed E-state index contributed by atoms with van der Waals surface area (Å²) in [6, 6.07) is -0.464. The third-order valence-electron chi connectivity index (χ3n) is 13.2. The van der Waals surface area contributed by atoms with Crippen LogP contribution in [0.15, 0.2) is 0 Å². The molecule has 9 unspecified atom stereocenters. The zero-order valence-electron chi connectivity index (χ0n) is 27.6. The van der Waals surface area contributed by atoms with E-state index in [1.165, 1.54) is 12.8 Å². The van der Waals surface area contributed by atoms with Gasteiger partial charge < -0.3 is 31.3 Å². The topological polar surface area (TPSA) is 167 Å². The number of hydrogen-bond donors (Lipinski definition) is 6. The van der Waals surface area contributed by atoms with Crippen LogP contribution in [0.25, 0.3) is 0 Å². The maximum absolute atomic E-state index is 11.5. The maximum atomic E-state index is 11.5. The molecule has 10 nitrogen and oxygen atoms in total. The Morgan fingerprint density at radius 2 is 1.73 bits per heavy atom. The Labute approximate surface area is 265 Å². The van der Waals surface area contributed by atoms with Crippen LogP contribution < -0.4 is 16.4 Å². The van der Waals surface area contributed by atoms with Gasteiger partial charge in [-0.05, 0) is 132 Å². The summed E-state index contributed by atoms with van der Waals surface area (Å²) in [6.07, 6.45) is 12.0. The highest BCUT2D eigenvalue weighted by Crippen LogP contribution is 2.74. The summed E-state index contributed by atoms with van der Waals surface area (Å²) in [4.78, 5) is 0. The predicted molar refractivity (Wildman–Crippen MR) is 170 cm³/mol. The van der Waals surface area contributed by atoms with Gasteiger partial charge in [0.15, 0.2) is 5.79 Å². The number of aliphatic hydroxyl groups is 2. The molecule has 5 fully saturated rings. The fourth-order valence-corrected chi connectivity index (χ4v) is 11.5. The van der Waals surface area contributed by atoms with Crippen LogP contribution in [0, 0.1) is 40.4 Å². The summed E-state index contributed by atoms with van der Waals surface area (Å²) < 4.78 is 43.5. The molecule has 4 saturated carbocycles. The Morgan fingerprint density at radius 3 is 2.43 bits per heavy atom. The predicted octanol–water partition coefficient (Wildman–Crippen LogP) is 3.76. The minimum Gasteiger partial charge on any atom is -0.364 e. The first-order valence-corrected chi connectivity index (χ1v) is 19.0. The molecule has 1 spiro atoms. The van der Waals surface area contributed by atoms with Crippen LogP contribution in [0.2, 0.25) is 0 Å². The number of nitrogens with one attached hydrogen (secondary N) is 2. The molecule has 256 valence electrons. The monoisotopic (exact) mass is 643 g/mol. The number of rotatable bonds is 16. The molecule has 44 heavy (non-hydrogen) atoms. The Hall–Kier alpha value is -0.370. The van der Waals surface area contributed by atoms with Crippen molar-refractivity contribution in [3.05, 3.63) is 0 Å². The highest BCUT2D eigenvalue weighted by Gasteiger charge is 2.80. The molecule has 10 atom stereocenters. The largest absolute Gasteiger partial charge is 0.397 e. The third-order valence-corrected chi connectivity index (χ3v) is 13.7. The molecule has 7 N–H and O–H groups in total. The SMILES string of the molecule is CC(C)C(CCCC1CCC2C3CC[C@@]45OC4C(NCCCNCCCCN)C(O)(O)CC5(C)C3CCC12C)OS(=O)(=O)O. The van der Waals surface area contributed by atoms with Gasteiger partial charge >= 0.3 is 10.4 Å². The van der Waals surface area contributed by atoms with Crippen LogP contribution in [0.1, 0.15) is 111 Å². The zero-order chi connectivity index (χ0) is 32.0. The van der Waals surface area contributed by atoms with Crippen LogP contribution >= 0.6 is 0 Å². The minimum absolute atomic E-state index is 0.00656. The lowest BCUT2D eigenvalue weighted by atomic mass is 9.43. The molecular weight excluding hydrogens is 582 g/mol. The van der Waals surface area contributed by atoms with Crippen molar-refractivity contribution in [3.8, 4) is 0 Å². The summed E-state index contributed by atoms with van der Waals surface area (Å²) >= 11 is 0. The number of fused-ring (bicyclic) bond motifs is 4. The number of unbranched alkanes of at least 4 members (excludes halogenated alkanes) is 1. The van der Waals surface area contributed by atoms with Crippen LogP contribution in [0.3, 0.4) is 0 Å². The molecule has 5 aliphatic rings. The zero-order valence-corrected chi connectivity index (χ0v) is 28.4. The lowest BCUT2D eigenvalue weighted by Crippen LogP contribution is -2.68. The van der Waals surface area contributed by atoms with E-state index in [-0.39, 0.29) is 28.5 Å². The summed E-state index contributed by atoms with van der Waals surface area (Å²) in [5.41, 5.74) is 5.29. The first-order chi connectivity index (χ1) is 20.7. The molecule has 4 aliphatic carbocycles. The van der Waals surface area contributed by atoms with Gasteiger partial charge in [0, 0.05) is 11.8 Å². The van der Waals surface area contributed by atoms with Crippen molar-refractivity contribution in [1.82, 2.24) is 10.6 Å². The van der Waals surface area contributed by atoms with Crippen molar-refractivity contribution < 1.29 is 32.1 Å². The van der Waals surface area contributed by atoms with E-state index < -0.39 is 28.3 Å². The van der Waals surface area contributed by atoms with Crippen molar-refractivity contribution in [1.29, 1.82) is 0 Å². The molecule has 0 radical (unpaired) electrons. The van der Waals surface area contributed by atoms with Crippen LogP contribution in [0.4, 0.5) is 0 Å². The van der Waals surface area contributed by atoms with E-state index in [1.54, 1.807) is 0 Å². The first-order valence-electron chi connectivity index (χ1n) is 17.6. The van der Waals surface area contributed by atoms with Crippen molar-refractivity contribution in [2.75, 3.05) is 26.2 Å². The number of ether oxygens (including phenoxy) is 1. The molecule has 0 bridgehead atoms. The van der Waals surface area contributed by atoms with Crippen LogP contribution in [0.5, 0.6) is 0 Å². The second kappa shape index (κ2) is 13.3. The van der Waals surface area contributed by atoms with E-state index in [4.69, 9.17) is 14.7 Å². The molecule has 5 rings (SSSR count). The van der Waals surface area contributed by atoms with Crippen molar-refractivity contribution >= 4 is 10.4 Å². The van der Waals surface area contributed by atoms with E-state index in [1.807, 2.05) is 13.8 Å². The number of epoxide rings is 1. The van der Waals surface area contributed by atoms with E-state index in [0.29, 0.717) is 36.5 Å². The fourth-order valence-electron chi connectivity index (χ4n) is 10.9. The number of hydrogen-bond acceptors (Lipinski definition) is 9. The summed E-state index contributed by atoms with van der Waals surface area (Å²) in [5, 5.41) is 29.9. The molecule has 0 aromatic carbocycles. The smallest absolute Gasteiger partial charge is 0.364 e. The van der Waals surface area contributed by atoms with Crippen LogP contribution in [-0.2, 0) is 19.3 Å². The average Bonchev–Trinajstić information content (AvgIpc) is 3.56. The molecule has 1 aliphatic heterocycles. The van der Waals surface area contributed by atoms with E-state index >= 15 is 0 Å². The van der Waals surface area contributed by atoms with Crippen molar-refractivity contribution in [3.63, 3.8) is 0 Å². The summed E-state index contributed by atoms with van der Waals surface area (Å²) in [5.74, 6) is 0.400. The molecule has 0 aromatic rings. The third kappa shape index (κ3) is 6.65. The highest BCUT2D eigenvalue weighted by molar-refractivity contribution is 7.80. The highest BCUT2D eigenvalue weighted by atomic mass is 32.3. The van der Waals surface area contributed by atoms with Crippen LogP contribution in [-0.4, -0.2) is 79.0 Å². The normalized spacial score (nSPS) is 41.5. The average molecular weight is 644 g/mol. The fraction of sp³-hybridized carbons (Fsp3) is 1.00. The maximum Gasteiger partial charge on any atom is 0.397 e. The standard InChI is InChI=1S/C33H61N3O7S/c1-22(2)27(43-44(39,40)41)10-7-9-23-11-12-25-24-13-16-32-29(42-32)28(36-20-8-19-35-18-6-5-17-34)33(37,38)21-31(32,4)26(24)14-15-30(23,25)3/h22-29,35-38H,5-21,34H2,1-4H3,(H,39,40,41)/t23?,24?,25?,26?,27?,28?,29?,30?,31?,32-/m1/s1. The van der Waals surface area contributed by atoms with Gasteiger partial charge in [0.05, 0.1) is 12.1 Å². The van der Waals surface area contributed by atoms with Gasteiger partial charge in [-0.1, -0.05) is 34.1 Å². The molecule has 0 aromatic heterocycles. The Balaban J connectivity index is 1.18. The second-order valence-corrected chi connectivity index (χ2v) is 17.0. The number of nitrogens with two attached hydrogens (primary N) is 1. The van der Waals surface area contributed by atoms with Crippen molar-refractivity contribution in [2.45, 2.75) is 141 Å². The Bertz CT molecular complexity index is 1090. The van der Waals surface area contributed by atoms with Gasteiger partial charge in [-0.25, -0.2) is 4.18 Å². The van der Waals surface area contributed by atoms with Gasteiger partial charge in [0.1, 0.15) is 11.7 Å². The summed E-state index contributed by atoms with van der Waals surface area (Å²) in [6.45, 7) is 11.9. The molecular formula is C33H61N3O7S. The molecule has 11 heteroatoms. The van der Waals surface area contributed by atoms with Gasteiger partial charge in [-0.15, -0.1) is 0 Å². The molecule has 0 amide bonds. The van der Waals surface area contributed by atoms with E-state index in [2.05, 4.69) is 24.5 Å². The lowest BCUT2D eigenvalue weighted by Gasteiger charge is -2.61. The van der Waals surface area contributed by atoms with Gasteiger partial charge in [0.25, 0.3) is 0 Å². The molecule has 1 heterocycles. The quantitative estimate of drug-likeness (QED) is 0.0631. The summed E-state index contributed by atoms with van der Waals surface area (Å²) in [7, 11) is -4.46. The second-order valence-electron chi connectivity index (χ2n) is 15.9. The minimum atomic E-state index is -4.46. The Kier molecular flexibility index (Phi) is 10.5.